The van der Waals surface area contributed by atoms with Gasteiger partial charge in [-0.05, 0) is 69.7 Å². The van der Waals surface area contributed by atoms with Crippen molar-refractivity contribution in [2.45, 2.75) is 19.8 Å². The highest BCUT2D eigenvalue weighted by molar-refractivity contribution is 6.26. The van der Waals surface area contributed by atoms with Gasteiger partial charge in [-0.2, -0.15) is 5.10 Å². The number of aromatic nitrogens is 2. The average molecular weight is 639 g/mol. The maximum atomic E-state index is 13.7. The zero-order valence-electron chi connectivity index (χ0n) is 23.8. The molecule has 228 valence electrons. The van der Waals surface area contributed by atoms with Gasteiger partial charge in [-0.1, -0.05) is 12.1 Å². The molecule has 0 saturated carbocycles. The first kappa shape index (κ1) is 33.6. The van der Waals surface area contributed by atoms with E-state index in [1.807, 2.05) is 42.3 Å². The molecule has 6 rings (SSSR count). The van der Waals surface area contributed by atoms with Crippen LogP contribution in [0.4, 0.5) is 10.5 Å². The molecule has 1 aromatic heterocycles. The van der Waals surface area contributed by atoms with Crippen LogP contribution in [-0.4, -0.2) is 96.3 Å². The maximum Gasteiger partial charge on any atom is 0.333 e. The number of aromatic amines is 1. The Labute approximate surface area is 264 Å². The van der Waals surface area contributed by atoms with Crippen molar-refractivity contribution in [2.24, 2.45) is 0 Å². The number of fused-ring (bicyclic) bond motifs is 3. The van der Waals surface area contributed by atoms with Crippen LogP contribution in [0.1, 0.15) is 34.3 Å². The summed E-state index contributed by atoms with van der Waals surface area (Å²) in [5.74, 6) is 0.695. The van der Waals surface area contributed by atoms with Gasteiger partial charge in [0.15, 0.2) is 5.78 Å². The number of hydrogen-bond acceptors (Lipinski definition) is 7. The minimum Gasteiger partial charge on any atom is -0.492 e. The fraction of sp³-hybridized carbons (Fsp3) is 0.414. The molecule has 2 saturated heterocycles. The number of amides is 2. The summed E-state index contributed by atoms with van der Waals surface area (Å²) in [4.78, 5) is 31.1. The third-order valence-electron chi connectivity index (χ3n) is 7.88. The Morgan fingerprint density at radius 1 is 1.00 bits per heavy atom. The second kappa shape index (κ2) is 14.5. The summed E-state index contributed by atoms with van der Waals surface area (Å²) >= 11 is 0. The standard InChI is InChI=1S/C29H35N7O3.3ClH/c1-19-18-20(8-9-23(19)39-17-16-35-10-3-4-11-35)26-25-27(32-31-26)21-6-5-7-22(24(21)28(25)37)30-29(38)33-36-14-12-34(2)13-15-36;;;/h5-9,18H,3-4,10-17H2,1-2H3,(H,31,32)(H2,30,33,38);3*1H. The number of piperazine rings is 1. The molecule has 0 atom stereocenters. The fourth-order valence-corrected chi connectivity index (χ4v) is 5.66. The highest BCUT2D eigenvalue weighted by atomic mass is 35.5. The summed E-state index contributed by atoms with van der Waals surface area (Å²) in [5.41, 5.74) is 8.26. The number of halogens is 3. The summed E-state index contributed by atoms with van der Waals surface area (Å²) in [6.07, 6.45) is 2.54. The van der Waals surface area contributed by atoms with E-state index in [4.69, 9.17) is 4.74 Å². The van der Waals surface area contributed by atoms with Gasteiger partial charge in [-0.3, -0.25) is 20.2 Å². The van der Waals surface area contributed by atoms with E-state index in [-0.39, 0.29) is 49.0 Å². The number of ketones is 1. The first-order chi connectivity index (χ1) is 19.0. The second-order valence-electron chi connectivity index (χ2n) is 10.6. The summed E-state index contributed by atoms with van der Waals surface area (Å²) < 4.78 is 6.06. The smallest absolute Gasteiger partial charge is 0.333 e. The summed E-state index contributed by atoms with van der Waals surface area (Å²) in [6.45, 7) is 9.17. The Balaban J connectivity index is 0.00000161. The Morgan fingerprint density at radius 2 is 1.74 bits per heavy atom. The number of benzene rings is 2. The third kappa shape index (κ3) is 6.85. The fourth-order valence-electron chi connectivity index (χ4n) is 5.66. The van der Waals surface area contributed by atoms with Crippen molar-refractivity contribution in [1.82, 2.24) is 30.4 Å². The lowest BCUT2D eigenvalue weighted by Crippen LogP contribution is -2.53. The molecule has 1 aliphatic carbocycles. The van der Waals surface area contributed by atoms with Crippen molar-refractivity contribution in [3.05, 3.63) is 53.1 Å². The Hall–Kier alpha value is -2.86. The van der Waals surface area contributed by atoms with E-state index in [0.717, 1.165) is 68.3 Å². The molecular formula is C29H38Cl3N7O3. The van der Waals surface area contributed by atoms with Gasteiger partial charge < -0.3 is 15.0 Å². The molecule has 13 heteroatoms. The van der Waals surface area contributed by atoms with Crippen LogP contribution < -0.4 is 15.5 Å². The highest BCUT2D eigenvalue weighted by Gasteiger charge is 2.35. The number of nitrogens with zero attached hydrogens (tertiary/aromatic N) is 4. The number of aryl methyl sites for hydroxylation is 1. The molecule has 3 N–H and O–H groups in total. The average Bonchev–Trinajstić information content (AvgIpc) is 3.66. The number of H-pyrrole nitrogens is 1. The van der Waals surface area contributed by atoms with Crippen molar-refractivity contribution in [3.63, 3.8) is 0 Å². The van der Waals surface area contributed by atoms with E-state index in [1.54, 1.807) is 6.07 Å². The molecule has 0 bridgehead atoms. The molecule has 2 fully saturated rings. The van der Waals surface area contributed by atoms with Crippen LogP contribution in [0.2, 0.25) is 0 Å². The minimum atomic E-state index is -0.356. The Morgan fingerprint density at radius 3 is 2.45 bits per heavy atom. The van der Waals surface area contributed by atoms with Gasteiger partial charge in [-0.25, -0.2) is 9.80 Å². The lowest BCUT2D eigenvalue weighted by atomic mass is 10.0. The first-order valence-electron chi connectivity index (χ1n) is 13.7. The highest BCUT2D eigenvalue weighted by Crippen LogP contribution is 2.43. The minimum absolute atomic E-state index is 0. The predicted molar refractivity (Wildman–Crippen MR) is 172 cm³/mol. The molecular weight excluding hydrogens is 601 g/mol. The van der Waals surface area contributed by atoms with E-state index >= 15 is 0 Å². The maximum absolute atomic E-state index is 13.7. The molecule has 2 aliphatic heterocycles. The SMILES string of the molecule is Cc1cc(-c2n[nH]c3c2C(=O)c2c(NC(=O)NN4CCN(C)CC4)cccc2-3)ccc1OCCN1CCCC1.Cl.Cl.Cl. The normalized spacial score (nSPS) is 16.5. The summed E-state index contributed by atoms with van der Waals surface area (Å²) in [5, 5.41) is 12.4. The van der Waals surface area contributed by atoms with Crippen LogP contribution in [0.3, 0.4) is 0 Å². The van der Waals surface area contributed by atoms with Crippen molar-refractivity contribution in [3.8, 4) is 28.3 Å². The van der Waals surface area contributed by atoms with E-state index in [2.05, 4.69) is 37.8 Å². The molecule has 3 aromatic rings. The van der Waals surface area contributed by atoms with Crippen molar-refractivity contribution >= 4 is 54.7 Å². The van der Waals surface area contributed by atoms with Crippen molar-refractivity contribution in [1.29, 1.82) is 0 Å². The van der Waals surface area contributed by atoms with Crippen molar-refractivity contribution < 1.29 is 14.3 Å². The zero-order valence-corrected chi connectivity index (χ0v) is 26.2. The summed E-state index contributed by atoms with van der Waals surface area (Å²) in [6, 6.07) is 11.0. The van der Waals surface area contributed by atoms with Gasteiger partial charge in [0, 0.05) is 43.9 Å². The first-order valence-corrected chi connectivity index (χ1v) is 13.7. The van der Waals surface area contributed by atoms with Gasteiger partial charge >= 0.3 is 6.03 Å². The lowest BCUT2D eigenvalue weighted by Gasteiger charge is -2.32. The largest absolute Gasteiger partial charge is 0.492 e. The number of hydrogen-bond donors (Lipinski definition) is 3. The van der Waals surface area contributed by atoms with Gasteiger partial charge in [0.2, 0.25) is 0 Å². The second-order valence-corrected chi connectivity index (χ2v) is 10.6. The number of carbonyl (C=O) groups excluding carboxylic acids is 2. The lowest BCUT2D eigenvalue weighted by molar-refractivity contribution is 0.104. The third-order valence-corrected chi connectivity index (χ3v) is 7.88. The van der Waals surface area contributed by atoms with Gasteiger partial charge in [0.1, 0.15) is 18.1 Å². The molecule has 10 nitrogen and oxygen atoms in total. The molecule has 3 heterocycles. The quantitative estimate of drug-likeness (QED) is 0.271. The van der Waals surface area contributed by atoms with E-state index in [9.17, 15) is 9.59 Å². The summed E-state index contributed by atoms with van der Waals surface area (Å²) in [7, 11) is 2.06. The van der Waals surface area contributed by atoms with Gasteiger partial charge in [-0.15, -0.1) is 37.2 Å². The number of likely N-dealkylation sites (N-methyl/N-ethyl adjacent to an activating group) is 1. The molecule has 2 amide bonds. The zero-order chi connectivity index (χ0) is 26.9. The molecule has 2 aromatic carbocycles. The molecule has 3 aliphatic rings. The molecule has 0 radical (unpaired) electrons. The van der Waals surface area contributed by atoms with Gasteiger partial charge in [0.25, 0.3) is 0 Å². The van der Waals surface area contributed by atoms with Crippen LogP contribution in [0.5, 0.6) is 5.75 Å². The number of nitrogens with one attached hydrogen (secondary N) is 3. The topological polar surface area (TPSA) is 106 Å². The number of rotatable bonds is 7. The Bertz CT molecular complexity index is 1400. The van der Waals surface area contributed by atoms with Crippen LogP contribution in [0.25, 0.3) is 22.5 Å². The van der Waals surface area contributed by atoms with E-state index in [0.29, 0.717) is 34.8 Å². The number of ether oxygens (including phenoxy) is 1. The number of carbonyl (C=O) groups is 2. The monoisotopic (exact) mass is 637 g/mol. The Kier molecular flexibility index (Phi) is 11.7. The number of likely N-dealkylation sites (tertiary alicyclic amines) is 1. The molecule has 0 unspecified atom stereocenters. The number of anilines is 1. The predicted octanol–water partition coefficient (Wildman–Crippen LogP) is 4.62. The van der Waals surface area contributed by atoms with Crippen molar-refractivity contribution in [2.75, 3.05) is 64.8 Å². The van der Waals surface area contributed by atoms with Crippen LogP contribution in [0, 0.1) is 6.92 Å². The number of hydrazine groups is 1. The van der Waals surface area contributed by atoms with Crippen LogP contribution in [-0.2, 0) is 0 Å². The van der Waals surface area contributed by atoms with Gasteiger partial charge in [0.05, 0.1) is 22.5 Å². The molecule has 0 spiro atoms. The van der Waals surface area contributed by atoms with E-state index < -0.39 is 0 Å². The van der Waals surface area contributed by atoms with Crippen LogP contribution in [0.15, 0.2) is 36.4 Å². The van der Waals surface area contributed by atoms with E-state index in [1.165, 1.54) is 12.8 Å². The number of urea groups is 1. The molecule has 42 heavy (non-hydrogen) atoms. The van der Waals surface area contributed by atoms with Crippen LogP contribution >= 0.6 is 37.2 Å².